The van der Waals surface area contributed by atoms with Crippen molar-refractivity contribution in [1.82, 2.24) is 15.5 Å². The molecule has 1 saturated heterocycles. The Labute approximate surface area is 159 Å². The zero-order valence-electron chi connectivity index (χ0n) is 15.2. The molecule has 1 aromatic carbocycles. The van der Waals surface area contributed by atoms with E-state index in [2.05, 4.69) is 43.4 Å². The number of rotatable bonds is 8. The Morgan fingerprint density at radius 2 is 2.12 bits per heavy atom. The fraction of sp³-hybridized carbons (Fsp3) is 0.611. The second-order valence-electron chi connectivity index (χ2n) is 5.89. The van der Waals surface area contributed by atoms with Gasteiger partial charge in [0.05, 0.1) is 26.9 Å². The summed E-state index contributed by atoms with van der Waals surface area (Å²) in [5, 5.41) is 6.71. The molecule has 0 atom stereocenters. The second-order valence-corrected chi connectivity index (χ2v) is 6.80. The molecule has 2 rings (SSSR count). The van der Waals surface area contributed by atoms with Crippen molar-refractivity contribution in [2.45, 2.75) is 19.9 Å². The predicted molar refractivity (Wildman–Crippen MR) is 105 cm³/mol. The Hall–Kier alpha value is -1.31. The number of aliphatic imine (C=N–C) groups is 1. The van der Waals surface area contributed by atoms with E-state index in [9.17, 15) is 0 Å². The summed E-state index contributed by atoms with van der Waals surface area (Å²) in [4.78, 5) is 7.12. The Kier molecular flexibility index (Phi) is 9.07. The second kappa shape index (κ2) is 11.3. The van der Waals surface area contributed by atoms with E-state index in [-0.39, 0.29) is 0 Å². The van der Waals surface area contributed by atoms with Gasteiger partial charge in [0.25, 0.3) is 0 Å². The van der Waals surface area contributed by atoms with Crippen molar-refractivity contribution in [3.63, 3.8) is 0 Å². The average Bonchev–Trinajstić information content (AvgIpc) is 2.64. The van der Waals surface area contributed by atoms with Gasteiger partial charge in [-0.15, -0.1) is 0 Å². The molecule has 2 N–H and O–H groups in total. The van der Waals surface area contributed by atoms with Gasteiger partial charge in [-0.25, -0.2) is 4.99 Å². The van der Waals surface area contributed by atoms with E-state index in [0.717, 1.165) is 74.1 Å². The van der Waals surface area contributed by atoms with E-state index in [0.29, 0.717) is 6.54 Å². The van der Waals surface area contributed by atoms with Gasteiger partial charge >= 0.3 is 0 Å². The number of halogens is 1. The molecule has 0 saturated carbocycles. The fourth-order valence-electron chi connectivity index (χ4n) is 2.71. The van der Waals surface area contributed by atoms with Crippen molar-refractivity contribution >= 4 is 21.9 Å². The fourth-order valence-corrected chi connectivity index (χ4v) is 3.12. The van der Waals surface area contributed by atoms with E-state index < -0.39 is 0 Å². The van der Waals surface area contributed by atoms with Gasteiger partial charge in [-0.2, -0.15) is 0 Å². The van der Waals surface area contributed by atoms with Crippen molar-refractivity contribution in [1.29, 1.82) is 0 Å². The molecule has 0 aliphatic carbocycles. The van der Waals surface area contributed by atoms with Gasteiger partial charge in [0, 0.05) is 36.2 Å². The number of hydrogen-bond donors (Lipinski definition) is 2. The Morgan fingerprint density at radius 3 is 2.84 bits per heavy atom. The molecular formula is C18H29BrN4O2. The van der Waals surface area contributed by atoms with Gasteiger partial charge in [-0.05, 0) is 38.1 Å². The van der Waals surface area contributed by atoms with E-state index in [1.807, 2.05) is 18.2 Å². The molecule has 0 spiro atoms. The smallest absolute Gasteiger partial charge is 0.191 e. The number of morpholine rings is 1. The number of nitrogens with zero attached hydrogens (tertiary/aromatic N) is 2. The van der Waals surface area contributed by atoms with Gasteiger partial charge in [0.1, 0.15) is 5.75 Å². The Morgan fingerprint density at radius 1 is 1.32 bits per heavy atom. The third-order valence-electron chi connectivity index (χ3n) is 4.04. The molecule has 25 heavy (non-hydrogen) atoms. The first-order valence-electron chi connectivity index (χ1n) is 8.87. The normalized spacial score (nSPS) is 15.9. The van der Waals surface area contributed by atoms with Crippen LogP contribution in [-0.4, -0.2) is 63.9 Å². The lowest BCUT2D eigenvalue weighted by molar-refractivity contribution is 0.0376. The van der Waals surface area contributed by atoms with Crippen LogP contribution in [0.2, 0.25) is 0 Å². The highest BCUT2D eigenvalue weighted by Gasteiger charge is 2.09. The lowest BCUT2D eigenvalue weighted by Gasteiger charge is -2.26. The van der Waals surface area contributed by atoms with Crippen molar-refractivity contribution in [3.8, 4) is 5.75 Å². The van der Waals surface area contributed by atoms with Crippen LogP contribution in [0.4, 0.5) is 0 Å². The minimum atomic E-state index is 0.571. The van der Waals surface area contributed by atoms with E-state index in [1.165, 1.54) is 0 Å². The van der Waals surface area contributed by atoms with Gasteiger partial charge in [0.15, 0.2) is 5.96 Å². The van der Waals surface area contributed by atoms with Gasteiger partial charge in [0.2, 0.25) is 0 Å². The molecular weight excluding hydrogens is 384 g/mol. The maximum atomic E-state index is 5.41. The number of guanidine groups is 1. The van der Waals surface area contributed by atoms with Gasteiger partial charge in [-0.3, -0.25) is 4.90 Å². The zero-order valence-corrected chi connectivity index (χ0v) is 16.8. The van der Waals surface area contributed by atoms with E-state index in [4.69, 9.17) is 9.47 Å². The molecule has 6 nitrogen and oxygen atoms in total. The molecule has 7 heteroatoms. The van der Waals surface area contributed by atoms with Crippen LogP contribution < -0.4 is 15.4 Å². The molecule has 0 aromatic heterocycles. The minimum Gasteiger partial charge on any atom is -0.496 e. The minimum absolute atomic E-state index is 0.571. The maximum absolute atomic E-state index is 5.41. The van der Waals surface area contributed by atoms with Crippen LogP contribution in [0.1, 0.15) is 18.9 Å². The largest absolute Gasteiger partial charge is 0.496 e. The molecule has 0 amide bonds. The molecule has 1 fully saturated rings. The molecule has 1 aromatic rings. The first kappa shape index (κ1) is 20.0. The maximum Gasteiger partial charge on any atom is 0.191 e. The number of benzene rings is 1. The van der Waals surface area contributed by atoms with Crippen LogP contribution in [0, 0.1) is 0 Å². The number of ether oxygens (including phenoxy) is 2. The monoisotopic (exact) mass is 412 g/mol. The van der Waals surface area contributed by atoms with Crippen molar-refractivity contribution in [2.24, 2.45) is 4.99 Å². The van der Waals surface area contributed by atoms with Gasteiger partial charge < -0.3 is 20.1 Å². The van der Waals surface area contributed by atoms with Crippen LogP contribution in [0.15, 0.2) is 27.7 Å². The summed E-state index contributed by atoms with van der Waals surface area (Å²) in [6.07, 6.45) is 1.09. The topological polar surface area (TPSA) is 58.1 Å². The van der Waals surface area contributed by atoms with Crippen molar-refractivity contribution < 1.29 is 9.47 Å². The first-order chi connectivity index (χ1) is 12.2. The molecule has 0 unspecified atom stereocenters. The molecule has 1 aliphatic heterocycles. The average molecular weight is 413 g/mol. The quantitative estimate of drug-likeness (QED) is 0.389. The summed E-state index contributed by atoms with van der Waals surface area (Å²) in [5.41, 5.74) is 1.06. The summed E-state index contributed by atoms with van der Waals surface area (Å²) in [6, 6.07) is 5.98. The molecule has 140 valence electrons. The zero-order chi connectivity index (χ0) is 17.9. The lowest BCUT2D eigenvalue weighted by Crippen LogP contribution is -2.40. The van der Waals surface area contributed by atoms with Crippen LogP contribution in [0.25, 0.3) is 0 Å². The highest BCUT2D eigenvalue weighted by Crippen LogP contribution is 2.23. The Bertz CT molecular complexity index is 548. The van der Waals surface area contributed by atoms with Crippen LogP contribution in [0.5, 0.6) is 5.75 Å². The van der Waals surface area contributed by atoms with Crippen molar-refractivity contribution in [2.75, 3.05) is 53.0 Å². The van der Waals surface area contributed by atoms with Crippen LogP contribution >= 0.6 is 15.9 Å². The standard InChI is InChI=1S/C18H29BrN4O2/c1-3-20-18(21-7-4-8-23-9-11-25-12-10-23)22-14-15-13-16(19)5-6-17(15)24-2/h5-6,13H,3-4,7-12,14H2,1-2H3,(H2,20,21,22). The summed E-state index contributed by atoms with van der Waals surface area (Å²) < 4.78 is 11.8. The van der Waals surface area contributed by atoms with Crippen LogP contribution in [-0.2, 0) is 11.3 Å². The summed E-state index contributed by atoms with van der Waals surface area (Å²) in [7, 11) is 1.69. The third-order valence-corrected chi connectivity index (χ3v) is 4.53. The van der Waals surface area contributed by atoms with Crippen LogP contribution in [0.3, 0.4) is 0 Å². The predicted octanol–water partition coefficient (Wildman–Crippen LogP) is 2.24. The first-order valence-corrected chi connectivity index (χ1v) is 9.67. The molecule has 0 bridgehead atoms. The summed E-state index contributed by atoms with van der Waals surface area (Å²) in [6.45, 7) is 9.26. The van der Waals surface area contributed by atoms with E-state index >= 15 is 0 Å². The number of methoxy groups -OCH3 is 1. The summed E-state index contributed by atoms with van der Waals surface area (Å²) in [5.74, 6) is 1.70. The highest BCUT2D eigenvalue weighted by molar-refractivity contribution is 9.10. The van der Waals surface area contributed by atoms with Crippen molar-refractivity contribution in [3.05, 3.63) is 28.2 Å². The number of hydrogen-bond acceptors (Lipinski definition) is 4. The molecule has 0 radical (unpaired) electrons. The SMILES string of the molecule is CCNC(=NCc1cc(Br)ccc1OC)NCCCN1CCOCC1. The van der Waals surface area contributed by atoms with E-state index in [1.54, 1.807) is 7.11 Å². The molecule has 1 aliphatic rings. The third kappa shape index (κ3) is 7.22. The lowest BCUT2D eigenvalue weighted by atomic mass is 10.2. The van der Waals surface area contributed by atoms with Gasteiger partial charge in [-0.1, -0.05) is 15.9 Å². The number of nitrogens with one attached hydrogen (secondary N) is 2. The highest BCUT2D eigenvalue weighted by atomic mass is 79.9. The summed E-state index contributed by atoms with van der Waals surface area (Å²) >= 11 is 3.50. The molecule has 1 heterocycles. The Balaban J connectivity index is 1.82.